The van der Waals surface area contributed by atoms with Crippen molar-refractivity contribution in [3.63, 3.8) is 0 Å². The maximum absolute atomic E-state index is 3.76. The second-order valence-corrected chi connectivity index (χ2v) is 2.87. The van der Waals surface area contributed by atoms with E-state index in [-0.39, 0.29) is 0 Å². The molecule has 0 N–H and O–H groups in total. The lowest BCUT2D eigenvalue weighted by Crippen LogP contribution is -2.34. The molecule has 0 aromatic rings. The van der Waals surface area contributed by atoms with Gasteiger partial charge in [0, 0.05) is 0 Å². The Balaban J connectivity index is 3.15. The summed E-state index contributed by atoms with van der Waals surface area (Å²) in [6, 6.07) is 0. The molecule has 0 rings (SSSR count). The molecule has 0 atom stereocenters. The van der Waals surface area contributed by atoms with Crippen LogP contribution in [0.2, 0.25) is 0 Å². The number of hydrogen-bond acceptors (Lipinski definition) is 0. The van der Waals surface area contributed by atoms with Gasteiger partial charge in [-0.2, -0.15) is 0 Å². The van der Waals surface area contributed by atoms with Gasteiger partial charge in [-0.3, -0.25) is 0 Å². The summed E-state index contributed by atoms with van der Waals surface area (Å²) in [5.41, 5.74) is 0. The van der Waals surface area contributed by atoms with E-state index in [0.29, 0.717) is 0 Å². The average Bonchev–Trinajstić information content (AvgIpc) is 1.30. The number of rotatable bonds is 2. The number of nitrogens with zero attached hydrogens (tertiary/aromatic N) is 1. The summed E-state index contributed by atoms with van der Waals surface area (Å²) >= 11 is 0. The summed E-state index contributed by atoms with van der Waals surface area (Å²) in [5.74, 6) is 0. The van der Waals surface area contributed by atoms with Gasteiger partial charge in [-0.1, -0.05) is 0 Å². The Morgan fingerprint density at radius 2 is 1.71 bits per heavy atom. The molecule has 0 amide bonds. The molecule has 0 aromatic heterocycles. The molecule has 0 heterocycles. The fourth-order valence-corrected chi connectivity index (χ4v) is 0.474. The highest BCUT2D eigenvalue weighted by atomic mass is 15.3. The van der Waals surface area contributed by atoms with Crippen LogP contribution >= 0.6 is 0 Å². The van der Waals surface area contributed by atoms with Crippen LogP contribution in [0, 0.1) is 6.92 Å². The fraction of sp³-hybridized carbons (Fsp3) is 0.833. The van der Waals surface area contributed by atoms with Crippen molar-refractivity contribution in [2.24, 2.45) is 0 Å². The molecule has 0 saturated carbocycles. The molecule has 0 aromatic carbocycles. The van der Waals surface area contributed by atoms with Crippen LogP contribution in [0.3, 0.4) is 0 Å². The second-order valence-electron chi connectivity index (χ2n) is 2.87. The molecule has 0 saturated heterocycles. The van der Waals surface area contributed by atoms with Crippen molar-refractivity contribution in [1.29, 1.82) is 0 Å². The van der Waals surface area contributed by atoms with Crippen LogP contribution in [0.15, 0.2) is 0 Å². The predicted octanol–water partition coefficient (Wildman–Crippen LogP) is 0.917. The quantitative estimate of drug-likeness (QED) is 0.358. The van der Waals surface area contributed by atoms with Gasteiger partial charge in [0.25, 0.3) is 0 Å². The van der Waals surface area contributed by atoms with E-state index in [4.69, 9.17) is 0 Å². The van der Waals surface area contributed by atoms with E-state index in [1.165, 1.54) is 6.54 Å². The molecule has 0 spiro atoms. The Morgan fingerprint density at radius 1 is 1.29 bits per heavy atom. The standard InChI is InChI=1S/C6H15N/c1-5-6-7(2,3)4/h1,5-6H2,2-4H3. The first-order valence-electron chi connectivity index (χ1n) is 2.66. The highest BCUT2D eigenvalue weighted by Crippen LogP contribution is 1.89. The maximum Gasteiger partial charge on any atom is 0.0676 e. The molecule has 1 nitrogen and oxygen atoms in total. The lowest BCUT2D eigenvalue weighted by molar-refractivity contribution is -0.870. The van der Waals surface area contributed by atoms with Gasteiger partial charge in [0.2, 0.25) is 0 Å². The minimum absolute atomic E-state index is 1.03. The summed E-state index contributed by atoms with van der Waals surface area (Å²) in [4.78, 5) is 0. The summed E-state index contributed by atoms with van der Waals surface area (Å²) < 4.78 is 1.03. The third kappa shape index (κ3) is 5.96. The summed E-state index contributed by atoms with van der Waals surface area (Å²) in [6.07, 6.45) is 1.03. The normalized spacial score (nSPS) is 12.0. The van der Waals surface area contributed by atoms with Gasteiger partial charge in [-0.25, -0.2) is 0 Å². The Hall–Kier alpha value is -0.0400. The molecular weight excluding hydrogens is 86.1 g/mol. The topological polar surface area (TPSA) is 0 Å². The van der Waals surface area contributed by atoms with Crippen LogP contribution in [0.25, 0.3) is 0 Å². The van der Waals surface area contributed by atoms with Crippen LogP contribution in [-0.2, 0) is 0 Å². The minimum atomic E-state index is 1.03. The van der Waals surface area contributed by atoms with Crippen molar-refractivity contribution in [2.45, 2.75) is 6.42 Å². The molecular formula is C6H15N. The predicted molar refractivity (Wildman–Crippen MR) is 32.9 cm³/mol. The van der Waals surface area contributed by atoms with Crippen LogP contribution in [-0.4, -0.2) is 32.2 Å². The molecule has 0 aliphatic heterocycles. The first kappa shape index (κ1) is 6.96. The fourth-order valence-electron chi connectivity index (χ4n) is 0.474. The zero-order valence-electron chi connectivity index (χ0n) is 5.57. The zero-order chi connectivity index (χ0) is 5.91. The van der Waals surface area contributed by atoms with E-state index >= 15 is 0 Å². The van der Waals surface area contributed by atoms with E-state index in [1.54, 1.807) is 0 Å². The second kappa shape index (κ2) is 2.31. The van der Waals surface area contributed by atoms with E-state index in [9.17, 15) is 0 Å². The summed E-state index contributed by atoms with van der Waals surface area (Å²) in [5, 5.41) is 0. The third-order valence-corrected chi connectivity index (χ3v) is 0.829. The average molecular weight is 101 g/mol. The molecule has 0 fully saturated rings. The summed E-state index contributed by atoms with van der Waals surface area (Å²) in [6.45, 7) is 4.92. The molecule has 7 heavy (non-hydrogen) atoms. The van der Waals surface area contributed by atoms with Gasteiger partial charge in [0.05, 0.1) is 27.7 Å². The van der Waals surface area contributed by atoms with Gasteiger partial charge < -0.3 is 11.4 Å². The smallest absolute Gasteiger partial charge is 0.0676 e. The molecule has 0 aliphatic carbocycles. The number of hydrogen-bond donors (Lipinski definition) is 0. The largest absolute Gasteiger partial charge is 0.338 e. The van der Waals surface area contributed by atoms with Gasteiger partial charge in [0.15, 0.2) is 0 Å². The van der Waals surface area contributed by atoms with Crippen molar-refractivity contribution in [3.8, 4) is 0 Å². The highest BCUT2D eigenvalue weighted by molar-refractivity contribution is 4.33. The molecule has 0 aliphatic rings. The van der Waals surface area contributed by atoms with Crippen LogP contribution in [0.5, 0.6) is 0 Å². The Labute approximate surface area is 46.5 Å². The molecule has 0 bridgehead atoms. The first-order valence-corrected chi connectivity index (χ1v) is 2.66. The minimum Gasteiger partial charge on any atom is -0.338 e. The van der Waals surface area contributed by atoms with E-state index in [2.05, 4.69) is 28.1 Å². The van der Waals surface area contributed by atoms with Crippen LogP contribution in [0.1, 0.15) is 6.42 Å². The molecule has 0 radical (unpaired) electrons. The first-order chi connectivity index (χ1) is 3.06. The van der Waals surface area contributed by atoms with Crippen molar-refractivity contribution >= 4 is 0 Å². The molecule has 0 unspecified atom stereocenters. The summed E-state index contributed by atoms with van der Waals surface area (Å²) in [7, 11) is 6.52. The molecule has 1 heteroatoms. The van der Waals surface area contributed by atoms with Gasteiger partial charge in [0.1, 0.15) is 0 Å². The lowest BCUT2D eigenvalue weighted by Gasteiger charge is -2.24. The van der Waals surface area contributed by atoms with Crippen LogP contribution < -0.4 is 0 Å². The van der Waals surface area contributed by atoms with Gasteiger partial charge in [-0.05, 0) is 0 Å². The monoisotopic (exact) mass is 101 g/mol. The maximum atomic E-state index is 3.76. The van der Waals surface area contributed by atoms with Gasteiger partial charge in [-0.15, -0.1) is 6.42 Å². The van der Waals surface area contributed by atoms with E-state index in [0.717, 1.165) is 10.9 Å². The number of quaternary nitrogens is 1. The van der Waals surface area contributed by atoms with Crippen LogP contribution in [0.4, 0.5) is 0 Å². The zero-order valence-corrected chi connectivity index (χ0v) is 5.57. The lowest BCUT2D eigenvalue weighted by atomic mass is 10.4. The third-order valence-electron chi connectivity index (χ3n) is 0.829. The van der Waals surface area contributed by atoms with Crippen molar-refractivity contribution < 1.29 is 4.48 Å². The Morgan fingerprint density at radius 3 is 1.71 bits per heavy atom. The van der Waals surface area contributed by atoms with E-state index in [1.807, 2.05) is 0 Å². The van der Waals surface area contributed by atoms with Crippen molar-refractivity contribution in [3.05, 3.63) is 6.92 Å². The Bertz CT molecular complexity index is 42.6. The van der Waals surface area contributed by atoms with E-state index < -0.39 is 0 Å². The van der Waals surface area contributed by atoms with Gasteiger partial charge >= 0.3 is 0 Å². The van der Waals surface area contributed by atoms with Crippen molar-refractivity contribution in [2.75, 3.05) is 27.7 Å². The Kier molecular flexibility index (Phi) is 2.30. The van der Waals surface area contributed by atoms with Crippen molar-refractivity contribution in [1.82, 2.24) is 0 Å². The molecule has 44 valence electrons. The SMILES string of the molecule is [CH2-]CC[N+](C)(C)C. The highest BCUT2D eigenvalue weighted by Gasteiger charge is 1.98.